The van der Waals surface area contributed by atoms with Gasteiger partial charge in [0.25, 0.3) is 0 Å². The highest BCUT2D eigenvalue weighted by molar-refractivity contribution is 5.78. The van der Waals surface area contributed by atoms with Crippen molar-refractivity contribution in [3.8, 4) is 0 Å². The summed E-state index contributed by atoms with van der Waals surface area (Å²) >= 11 is 0. The standard InChI is InChI=1S/C16H20N2O3/c1-2-20-16(19)14-10-17-7-8-18(14)11-13-9-12-5-3-4-6-15(12)21-13/h3-6,9,14,17H,2,7-8,10-11H2,1H3. The first-order valence-corrected chi connectivity index (χ1v) is 7.37. The molecule has 1 saturated heterocycles. The van der Waals surface area contributed by atoms with E-state index in [1.165, 1.54) is 0 Å². The van der Waals surface area contributed by atoms with Crippen molar-refractivity contribution in [1.82, 2.24) is 10.2 Å². The summed E-state index contributed by atoms with van der Waals surface area (Å²) in [7, 11) is 0. The number of piperazine rings is 1. The van der Waals surface area contributed by atoms with E-state index < -0.39 is 0 Å². The molecule has 21 heavy (non-hydrogen) atoms. The van der Waals surface area contributed by atoms with Crippen molar-refractivity contribution in [2.24, 2.45) is 0 Å². The number of furan rings is 1. The average Bonchev–Trinajstić information content (AvgIpc) is 2.90. The molecule has 1 fully saturated rings. The number of carbonyl (C=O) groups is 1. The molecule has 2 aromatic rings. The summed E-state index contributed by atoms with van der Waals surface area (Å²) in [6, 6.07) is 9.74. The Kier molecular flexibility index (Phi) is 4.22. The second-order valence-electron chi connectivity index (χ2n) is 5.19. The molecule has 0 amide bonds. The molecular formula is C16H20N2O3. The number of esters is 1. The van der Waals surface area contributed by atoms with Crippen LogP contribution >= 0.6 is 0 Å². The van der Waals surface area contributed by atoms with E-state index in [2.05, 4.69) is 10.2 Å². The molecular weight excluding hydrogens is 268 g/mol. The maximum Gasteiger partial charge on any atom is 0.324 e. The predicted octanol–water partition coefficient (Wildman–Crippen LogP) is 1.77. The van der Waals surface area contributed by atoms with Gasteiger partial charge in [0.15, 0.2) is 0 Å². The number of ether oxygens (including phenoxy) is 1. The van der Waals surface area contributed by atoms with Crippen molar-refractivity contribution in [1.29, 1.82) is 0 Å². The van der Waals surface area contributed by atoms with Crippen LogP contribution in [0.2, 0.25) is 0 Å². The number of para-hydroxylation sites is 1. The molecule has 5 nitrogen and oxygen atoms in total. The lowest BCUT2D eigenvalue weighted by atomic mass is 10.2. The third-order valence-corrected chi connectivity index (χ3v) is 3.75. The minimum Gasteiger partial charge on any atom is -0.465 e. The first kappa shape index (κ1) is 14.1. The van der Waals surface area contributed by atoms with Gasteiger partial charge in [0, 0.05) is 25.0 Å². The molecule has 1 N–H and O–H groups in total. The first-order chi connectivity index (χ1) is 10.3. The highest BCUT2D eigenvalue weighted by Crippen LogP contribution is 2.21. The van der Waals surface area contributed by atoms with Crippen LogP contribution in [0.1, 0.15) is 12.7 Å². The Balaban J connectivity index is 1.75. The zero-order chi connectivity index (χ0) is 14.7. The lowest BCUT2D eigenvalue weighted by molar-refractivity contribution is -0.150. The van der Waals surface area contributed by atoms with Gasteiger partial charge < -0.3 is 14.5 Å². The fraction of sp³-hybridized carbons (Fsp3) is 0.438. The summed E-state index contributed by atoms with van der Waals surface area (Å²) < 4.78 is 11.0. The number of nitrogens with zero attached hydrogens (tertiary/aromatic N) is 1. The Morgan fingerprint density at radius 1 is 1.48 bits per heavy atom. The van der Waals surface area contributed by atoms with Gasteiger partial charge in [-0.25, -0.2) is 0 Å². The van der Waals surface area contributed by atoms with Gasteiger partial charge in [0.1, 0.15) is 17.4 Å². The van der Waals surface area contributed by atoms with E-state index in [-0.39, 0.29) is 12.0 Å². The summed E-state index contributed by atoms with van der Waals surface area (Å²) in [5.41, 5.74) is 0.885. The molecule has 3 rings (SSSR count). The van der Waals surface area contributed by atoms with E-state index in [0.29, 0.717) is 19.7 Å². The van der Waals surface area contributed by atoms with E-state index in [9.17, 15) is 4.79 Å². The van der Waals surface area contributed by atoms with Crippen LogP contribution in [-0.2, 0) is 16.1 Å². The van der Waals surface area contributed by atoms with Gasteiger partial charge in [0.2, 0.25) is 0 Å². The molecule has 2 heterocycles. The Hall–Kier alpha value is -1.85. The molecule has 0 aliphatic carbocycles. The summed E-state index contributed by atoms with van der Waals surface area (Å²) in [6.07, 6.45) is 0. The average molecular weight is 288 g/mol. The van der Waals surface area contributed by atoms with Crippen LogP contribution in [0.15, 0.2) is 34.7 Å². The van der Waals surface area contributed by atoms with Crippen LogP contribution in [0, 0.1) is 0 Å². The van der Waals surface area contributed by atoms with E-state index >= 15 is 0 Å². The van der Waals surface area contributed by atoms with E-state index in [1.54, 1.807) is 0 Å². The van der Waals surface area contributed by atoms with Gasteiger partial charge >= 0.3 is 5.97 Å². The molecule has 112 valence electrons. The minimum absolute atomic E-state index is 0.166. The molecule has 1 atom stereocenters. The second-order valence-corrected chi connectivity index (χ2v) is 5.19. The molecule has 0 spiro atoms. The quantitative estimate of drug-likeness (QED) is 0.869. The van der Waals surface area contributed by atoms with Crippen molar-refractivity contribution < 1.29 is 13.9 Å². The van der Waals surface area contributed by atoms with Crippen LogP contribution < -0.4 is 5.32 Å². The maximum atomic E-state index is 12.0. The molecule has 1 unspecified atom stereocenters. The van der Waals surface area contributed by atoms with Gasteiger partial charge in [0.05, 0.1) is 13.2 Å². The van der Waals surface area contributed by atoms with E-state index in [0.717, 1.165) is 29.8 Å². The fourth-order valence-corrected chi connectivity index (χ4v) is 2.72. The van der Waals surface area contributed by atoms with Crippen LogP contribution in [0.4, 0.5) is 0 Å². The lowest BCUT2D eigenvalue weighted by Gasteiger charge is -2.33. The van der Waals surface area contributed by atoms with Crippen molar-refractivity contribution in [3.05, 3.63) is 36.1 Å². The van der Waals surface area contributed by atoms with Crippen molar-refractivity contribution in [2.75, 3.05) is 26.2 Å². The molecule has 1 aliphatic rings. The van der Waals surface area contributed by atoms with Gasteiger partial charge in [-0.1, -0.05) is 18.2 Å². The fourth-order valence-electron chi connectivity index (χ4n) is 2.72. The molecule has 0 saturated carbocycles. The topological polar surface area (TPSA) is 54.7 Å². The molecule has 0 radical (unpaired) electrons. The normalized spacial score (nSPS) is 19.8. The highest BCUT2D eigenvalue weighted by Gasteiger charge is 2.30. The number of rotatable bonds is 4. The van der Waals surface area contributed by atoms with Crippen molar-refractivity contribution in [3.63, 3.8) is 0 Å². The highest BCUT2D eigenvalue weighted by atomic mass is 16.5. The summed E-state index contributed by atoms with van der Waals surface area (Å²) in [4.78, 5) is 14.2. The van der Waals surface area contributed by atoms with E-state index in [1.807, 2.05) is 37.3 Å². The van der Waals surface area contributed by atoms with Crippen LogP contribution in [-0.4, -0.2) is 43.2 Å². The minimum atomic E-state index is -0.244. The maximum absolute atomic E-state index is 12.0. The number of nitrogens with one attached hydrogen (secondary N) is 1. The SMILES string of the molecule is CCOC(=O)C1CNCCN1Cc1cc2ccccc2o1. The van der Waals surface area contributed by atoms with Gasteiger partial charge in [-0.2, -0.15) is 0 Å². The van der Waals surface area contributed by atoms with E-state index in [4.69, 9.17) is 9.15 Å². The summed E-state index contributed by atoms with van der Waals surface area (Å²) in [5, 5.41) is 4.34. The number of carbonyl (C=O) groups excluding carboxylic acids is 1. The summed E-state index contributed by atoms with van der Waals surface area (Å²) in [5.74, 6) is 0.716. The number of hydrogen-bond acceptors (Lipinski definition) is 5. The van der Waals surface area contributed by atoms with Crippen molar-refractivity contribution >= 4 is 16.9 Å². The smallest absolute Gasteiger partial charge is 0.324 e. The number of hydrogen-bond donors (Lipinski definition) is 1. The third-order valence-electron chi connectivity index (χ3n) is 3.75. The van der Waals surface area contributed by atoms with Crippen LogP contribution in [0.5, 0.6) is 0 Å². The third kappa shape index (κ3) is 3.09. The molecule has 1 aromatic heterocycles. The van der Waals surface area contributed by atoms with Crippen LogP contribution in [0.25, 0.3) is 11.0 Å². The van der Waals surface area contributed by atoms with Gasteiger partial charge in [-0.05, 0) is 19.1 Å². The molecule has 1 aliphatic heterocycles. The Bertz CT molecular complexity index is 590. The molecule has 1 aromatic carbocycles. The zero-order valence-electron chi connectivity index (χ0n) is 12.2. The monoisotopic (exact) mass is 288 g/mol. The molecule has 0 bridgehead atoms. The van der Waals surface area contributed by atoms with Gasteiger partial charge in [-0.3, -0.25) is 9.69 Å². The number of benzene rings is 1. The molecule has 5 heteroatoms. The van der Waals surface area contributed by atoms with Crippen molar-refractivity contribution in [2.45, 2.75) is 19.5 Å². The lowest BCUT2D eigenvalue weighted by Crippen LogP contribution is -2.54. The Morgan fingerprint density at radius 2 is 2.33 bits per heavy atom. The predicted molar refractivity (Wildman–Crippen MR) is 79.9 cm³/mol. The Labute approximate surface area is 123 Å². The summed E-state index contributed by atoms with van der Waals surface area (Å²) in [6.45, 7) is 5.17. The second kappa shape index (κ2) is 6.28. The Morgan fingerprint density at radius 3 is 3.14 bits per heavy atom. The number of fused-ring (bicyclic) bond motifs is 1. The van der Waals surface area contributed by atoms with Gasteiger partial charge in [-0.15, -0.1) is 0 Å². The zero-order valence-corrected chi connectivity index (χ0v) is 12.2. The van der Waals surface area contributed by atoms with Crippen LogP contribution in [0.3, 0.4) is 0 Å². The first-order valence-electron chi connectivity index (χ1n) is 7.37. The largest absolute Gasteiger partial charge is 0.465 e.